The van der Waals surface area contributed by atoms with E-state index in [0.717, 1.165) is 44.5 Å². The molecule has 19 heavy (non-hydrogen) atoms. The number of hydrogen-bond donors (Lipinski definition) is 0. The molecule has 1 aromatic carbocycles. The Morgan fingerprint density at radius 1 is 1.16 bits per heavy atom. The van der Waals surface area contributed by atoms with Crippen molar-refractivity contribution in [1.82, 2.24) is 9.97 Å². The van der Waals surface area contributed by atoms with E-state index in [2.05, 4.69) is 4.98 Å². The maximum absolute atomic E-state index is 6.51. The molecule has 0 atom stereocenters. The standard InChI is InChI=1S/C15H12Cl2N2/c1-9-10(6-7-16)14(17)12-4-5-13-11(15(12)19-9)3-2-8-18-13/h2-5,8H,6-7H2,1H3. The van der Waals surface area contributed by atoms with Crippen LogP contribution in [-0.2, 0) is 6.42 Å². The van der Waals surface area contributed by atoms with Crippen molar-refractivity contribution < 1.29 is 0 Å². The summed E-state index contributed by atoms with van der Waals surface area (Å²) in [5.41, 5.74) is 3.82. The van der Waals surface area contributed by atoms with Gasteiger partial charge in [-0.1, -0.05) is 11.6 Å². The summed E-state index contributed by atoms with van der Waals surface area (Å²) in [5.74, 6) is 0.545. The van der Waals surface area contributed by atoms with Crippen LogP contribution in [0.15, 0.2) is 30.5 Å². The lowest BCUT2D eigenvalue weighted by Gasteiger charge is -2.11. The predicted molar refractivity (Wildman–Crippen MR) is 81.2 cm³/mol. The van der Waals surface area contributed by atoms with Crippen LogP contribution in [0.25, 0.3) is 21.8 Å². The zero-order valence-electron chi connectivity index (χ0n) is 10.5. The van der Waals surface area contributed by atoms with Gasteiger partial charge < -0.3 is 0 Å². The minimum Gasteiger partial charge on any atom is -0.256 e. The van der Waals surface area contributed by atoms with Gasteiger partial charge in [0.25, 0.3) is 0 Å². The fourth-order valence-corrected chi connectivity index (χ4v) is 2.95. The molecule has 0 bridgehead atoms. The number of fused-ring (bicyclic) bond motifs is 3. The molecule has 0 saturated carbocycles. The normalized spacial score (nSPS) is 11.3. The molecular formula is C15H12Cl2N2. The smallest absolute Gasteiger partial charge is 0.0814 e. The van der Waals surface area contributed by atoms with Gasteiger partial charge in [0.1, 0.15) is 0 Å². The number of pyridine rings is 2. The third-order valence-electron chi connectivity index (χ3n) is 3.32. The van der Waals surface area contributed by atoms with Gasteiger partial charge in [-0.2, -0.15) is 0 Å². The van der Waals surface area contributed by atoms with Gasteiger partial charge in [-0.05, 0) is 43.2 Å². The lowest BCUT2D eigenvalue weighted by atomic mass is 10.0. The molecular weight excluding hydrogens is 279 g/mol. The topological polar surface area (TPSA) is 25.8 Å². The van der Waals surface area contributed by atoms with Crippen molar-refractivity contribution in [2.75, 3.05) is 5.88 Å². The molecule has 3 aromatic rings. The van der Waals surface area contributed by atoms with Crippen molar-refractivity contribution in [3.05, 3.63) is 46.7 Å². The van der Waals surface area contributed by atoms with Crippen LogP contribution in [0.5, 0.6) is 0 Å². The van der Waals surface area contributed by atoms with Crippen LogP contribution in [0, 0.1) is 6.92 Å². The van der Waals surface area contributed by atoms with E-state index < -0.39 is 0 Å². The lowest BCUT2D eigenvalue weighted by molar-refractivity contribution is 1.08. The summed E-state index contributed by atoms with van der Waals surface area (Å²) in [7, 11) is 0. The van der Waals surface area contributed by atoms with Crippen LogP contribution in [-0.4, -0.2) is 15.8 Å². The lowest BCUT2D eigenvalue weighted by Crippen LogP contribution is -1.98. The highest BCUT2D eigenvalue weighted by Gasteiger charge is 2.12. The molecule has 0 N–H and O–H groups in total. The van der Waals surface area contributed by atoms with Crippen molar-refractivity contribution in [3.8, 4) is 0 Å². The van der Waals surface area contributed by atoms with Gasteiger partial charge in [0, 0.05) is 28.5 Å². The molecule has 4 heteroatoms. The Bertz CT molecular complexity index is 769. The Kier molecular flexibility index (Phi) is 3.29. The zero-order valence-corrected chi connectivity index (χ0v) is 12.0. The van der Waals surface area contributed by atoms with Crippen LogP contribution < -0.4 is 0 Å². The van der Waals surface area contributed by atoms with Crippen LogP contribution in [0.2, 0.25) is 5.02 Å². The molecule has 0 unspecified atom stereocenters. The van der Waals surface area contributed by atoms with Crippen molar-refractivity contribution in [3.63, 3.8) is 0 Å². The number of benzene rings is 1. The minimum absolute atomic E-state index is 0.545. The first-order chi connectivity index (χ1) is 9.22. The third-order valence-corrected chi connectivity index (χ3v) is 3.94. The van der Waals surface area contributed by atoms with E-state index in [-0.39, 0.29) is 0 Å². The second kappa shape index (κ2) is 4.95. The highest BCUT2D eigenvalue weighted by Crippen LogP contribution is 2.32. The Hall–Kier alpha value is -1.38. The highest BCUT2D eigenvalue weighted by molar-refractivity contribution is 6.37. The monoisotopic (exact) mass is 290 g/mol. The van der Waals surface area contributed by atoms with Crippen LogP contribution in [0.4, 0.5) is 0 Å². The maximum Gasteiger partial charge on any atom is 0.0814 e. The second-order valence-corrected chi connectivity index (χ2v) is 5.22. The number of alkyl halides is 1. The summed E-state index contributed by atoms with van der Waals surface area (Å²) < 4.78 is 0. The van der Waals surface area contributed by atoms with Crippen molar-refractivity contribution in [2.24, 2.45) is 0 Å². The van der Waals surface area contributed by atoms with E-state index in [1.165, 1.54) is 0 Å². The molecule has 0 amide bonds. The summed E-state index contributed by atoms with van der Waals surface area (Å²) >= 11 is 12.3. The van der Waals surface area contributed by atoms with E-state index in [0.29, 0.717) is 5.88 Å². The number of aromatic nitrogens is 2. The Balaban J connectivity index is 2.43. The SMILES string of the molecule is Cc1nc2c(ccc3ncccc32)c(Cl)c1CCCl. The van der Waals surface area contributed by atoms with Gasteiger partial charge in [0.05, 0.1) is 16.1 Å². The van der Waals surface area contributed by atoms with E-state index in [1.807, 2.05) is 31.2 Å². The number of halogens is 2. The van der Waals surface area contributed by atoms with Gasteiger partial charge >= 0.3 is 0 Å². The highest BCUT2D eigenvalue weighted by atomic mass is 35.5. The maximum atomic E-state index is 6.51. The molecule has 0 radical (unpaired) electrons. The first kappa shape index (κ1) is 12.6. The van der Waals surface area contributed by atoms with E-state index >= 15 is 0 Å². The fourth-order valence-electron chi connectivity index (χ4n) is 2.38. The van der Waals surface area contributed by atoms with Gasteiger partial charge in [-0.25, -0.2) is 0 Å². The molecule has 96 valence electrons. The molecule has 0 saturated heterocycles. The third kappa shape index (κ3) is 2.05. The first-order valence-corrected chi connectivity index (χ1v) is 7.02. The minimum atomic E-state index is 0.545. The molecule has 0 aliphatic heterocycles. The number of hydrogen-bond acceptors (Lipinski definition) is 2. The second-order valence-electron chi connectivity index (χ2n) is 4.46. The van der Waals surface area contributed by atoms with E-state index in [9.17, 15) is 0 Å². The van der Waals surface area contributed by atoms with E-state index in [1.54, 1.807) is 6.20 Å². The average Bonchev–Trinajstić information content (AvgIpc) is 2.43. The number of nitrogens with zero attached hydrogens (tertiary/aromatic N) is 2. The molecule has 2 aromatic heterocycles. The van der Waals surface area contributed by atoms with Gasteiger partial charge in [0.15, 0.2) is 0 Å². The Morgan fingerprint density at radius 3 is 2.79 bits per heavy atom. The van der Waals surface area contributed by atoms with Gasteiger partial charge in [0.2, 0.25) is 0 Å². The molecule has 0 aliphatic carbocycles. The van der Waals surface area contributed by atoms with Crippen molar-refractivity contribution in [1.29, 1.82) is 0 Å². The molecule has 3 rings (SSSR count). The predicted octanol–water partition coefficient (Wildman–Crippen LogP) is 4.53. The van der Waals surface area contributed by atoms with Gasteiger partial charge in [-0.15, -0.1) is 11.6 Å². The molecule has 0 aliphatic rings. The number of rotatable bonds is 2. The Morgan fingerprint density at radius 2 is 2.00 bits per heavy atom. The quantitative estimate of drug-likeness (QED) is 0.512. The largest absolute Gasteiger partial charge is 0.256 e. The summed E-state index contributed by atoms with van der Waals surface area (Å²) in [4.78, 5) is 9.05. The van der Waals surface area contributed by atoms with Crippen LogP contribution >= 0.6 is 23.2 Å². The summed E-state index contributed by atoms with van der Waals surface area (Å²) in [6.45, 7) is 1.97. The first-order valence-electron chi connectivity index (χ1n) is 6.10. The summed E-state index contributed by atoms with van der Waals surface area (Å²) in [6.07, 6.45) is 2.52. The summed E-state index contributed by atoms with van der Waals surface area (Å²) in [5, 5.41) is 2.75. The molecule has 0 spiro atoms. The van der Waals surface area contributed by atoms with Gasteiger partial charge in [-0.3, -0.25) is 9.97 Å². The van der Waals surface area contributed by atoms with Crippen molar-refractivity contribution >= 4 is 45.0 Å². The summed E-state index contributed by atoms with van der Waals surface area (Å²) in [6, 6.07) is 7.90. The molecule has 0 fully saturated rings. The van der Waals surface area contributed by atoms with E-state index in [4.69, 9.17) is 28.2 Å². The van der Waals surface area contributed by atoms with Crippen molar-refractivity contribution in [2.45, 2.75) is 13.3 Å². The zero-order chi connectivity index (χ0) is 13.4. The Labute approximate surface area is 121 Å². The fraction of sp³-hybridized carbons (Fsp3) is 0.200. The van der Waals surface area contributed by atoms with Crippen LogP contribution in [0.3, 0.4) is 0 Å². The average molecular weight is 291 g/mol. The molecule has 2 nitrogen and oxygen atoms in total. The molecule has 2 heterocycles. The number of aryl methyl sites for hydroxylation is 1. The van der Waals surface area contributed by atoms with Crippen LogP contribution in [0.1, 0.15) is 11.3 Å².